The van der Waals surface area contributed by atoms with Gasteiger partial charge in [-0.1, -0.05) is 24.4 Å². The number of ether oxygens (including phenoxy) is 2. The summed E-state index contributed by atoms with van der Waals surface area (Å²) in [4.78, 5) is 0.392. The molecule has 1 unspecified atom stereocenters. The maximum absolute atomic E-state index is 5.73. The molecule has 3 nitrogen and oxygen atoms in total. The second-order valence-electron chi connectivity index (χ2n) is 3.50. The highest BCUT2D eigenvalue weighted by atomic mass is 32.1. The van der Waals surface area contributed by atoms with E-state index in [1.54, 1.807) is 0 Å². The molecule has 0 aromatic heterocycles. The highest BCUT2D eigenvalue weighted by Gasteiger charge is 2.17. The minimum atomic E-state index is 0.159. The van der Waals surface area contributed by atoms with E-state index in [2.05, 4.69) is 0 Å². The van der Waals surface area contributed by atoms with E-state index in [0.717, 1.165) is 24.3 Å². The molecule has 2 rings (SSSR count). The molecule has 0 radical (unpaired) electrons. The first-order valence-electron chi connectivity index (χ1n) is 4.90. The van der Waals surface area contributed by atoms with Crippen molar-refractivity contribution in [2.45, 2.75) is 12.5 Å². The van der Waals surface area contributed by atoms with Crippen molar-refractivity contribution in [2.24, 2.45) is 5.73 Å². The predicted molar refractivity (Wildman–Crippen MR) is 62.2 cm³/mol. The van der Waals surface area contributed by atoms with E-state index in [4.69, 9.17) is 27.4 Å². The second kappa shape index (κ2) is 4.59. The third-order valence-electron chi connectivity index (χ3n) is 2.31. The first-order chi connectivity index (χ1) is 7.25. The van der Waals surface area contributed by atoms with Gasteiger partial charge in [-0.25, -0.2) is 0 Å². The fourth-order valence-corrected chi connectivity index (χ4v) is 1.65. The van der Waals surface area contributed by atoms with Crippen molar-refractivity contribution in [2.75, 3.05) is 13.2 Å². The molecule has 2 N–H and O–H groups in total. The standard InChI is InChI=1S/C11H13NO2S/c12-11(15)8-2-1-3-9(6-8)14-10-4-5-13-7-10/h1-3,6,10H,4-5,7H2,(H2,12,15). The van der Waals surface area contributed by atoms with E-state index < -0.39 is 0 Å². The lowest BCUT2D eigenvalue weighted by molar-refractivity contribution is 0.141. The van der Waals surface area contributed by atoms with Crippen LogP contribution in [0.1, 0.15) is 12.0 Å². The van der Waals surface area contributed by atoms with Crippen molar-refractivity contribution in [1.29, 1.82) is 0 Å². The van der Waals surface area contributed by atoms with Crippen LogP contribution in [0.5, 0.6) is 5.75 Å². The van der Waals surface area contributed by atoms with Gasteiger partial charge in [0.05, 0.1) is 13.2 Å². The zero-order valence-electron chi connectivity index (χ0n) is 8.31. The van der Waals surface area contributed by atoms with E-state index >= 15 is 0 Å². The number of nitrogens with two attached hydrogens (primary N) is 1. The lowest BCUT2D eigenvalue weighted by Crippen LogP contribution is -2.16. The summed E-state index contributed by atoms with van der Waals surface area (Å²) in [6.07, 6.45) is 1.10. The van der Waals surface area contributed by atoms with Gasteiger partial charge < -0.3 is 15.2 Å². The normalized spacial score (nSPS) is 20.1. The number of rotatable bonds is 3. The van der Waals surface area contributed by atoms with Gasteiger partial charge in [-0.15, -0.1) is 0 Å². The lowest BCUT2D eigenvalue weighted by atomic mass is 10.2. The van der Waals surface area contributed by atoms with Crippen molar-refractivity contribution in [3.8, 4) is 5.75 Å². The molecule has 1 aliphatic rings. The molecule has 1 heterocycles. The van der Waals surface area contributed by atoms with Crippen LogP contribution in [-0.4, -0.2) is 24.3 Å². The third-order valence-corrected chi connectivity index (χ3v) is 2.54. The van der Waals surface area contributed by atoms with Gasteiger partial charge >= 0.3 is 0 Å². The van der Waals surface area contributed by atoms with Crippen LogP contribution in [0.3, 0.4) is 0 Å². The summed E-state index contributed by atoms with van der Waals surface area (Å²) in [5.74, 6) is 0.802. The molecular weight excluding hydrogens is 210 g/mol. The molecule has 1 atom stereocenters. The number of benzene rings is 1. The molecule has 0 aliphatic carbocycles. The Bertz CT molecular complexity index is 361. The molecule has 80 valence electrons. The van der Waals surface area contributed by atoms with Gasteiger partial charge in [0, 0.05) is 12.0 Å². The van der Waals surface area contributed by atoms with E-state index in [1.807, 2.05) is 24.3 Å². The molecule has 1 aliphatic heterocycles. The van der Waals surface area contributed by atoms with Crippen LogP contribution in [0.2, 0.25) is 0 Å². The smallest absolute Gasteiger partial charge is 0.124 e. The molecule has 0 amide bonds. The second-order valence-corrected chi connectivity index (χ2v) is 3.94. The Hall–Kier alpha value is -1.13. The Morgan fingerprint density at radius 1 is 1.53 bits per heavy atom. The summed E-state index contributed by atoms with van der Waals surface area (Å²) in [5, 5.41) is 0. The molecular formula is C11H13NO2S. The molecule has 1 saturated heterocycles. The van der Waals surface area contributed by atoms with E-state index in [-0.39, 0.29) is 6.10 Å². The van der Waals surface area contributed by atoms with Crippen molar-refractivity contribution in [1.82, 2.24) is 0 Å². The fourth-order valence-electron chi connectivity index (χ4n) is 1.52. The highest BCUT2D eigenvalue weighted by molar-refractivity contribution is 7.80. The van der Waals surface area contributed by atoms with Gasteiger partial charge in [-0.2, -0.15) is 0 Å². The molecule has 0 saturated carbocycles. The molecule has 4 heteroatoms. The molecule has 0 spiro atoms. The Kier molecular flexibility index (Phi) is 3.18. The Morgan fingerprint density at radius 2 is 2.40 bits per heavy atom. The Morgan fingerprint density at radius 3 is 3.07 bits per heavy atom. The summed E-state index contributed by atoms with van der Waals surface area (Å²) >= 11 is 4.90. The summed E-state index contributed by atoms with van der Waals surface area (Å²) < 4.78 is 11.0. The van der Waals surface area contributed by atoms with E-state index in [1.165, 1.54) is 0 Å². The van der Waals surface area contributed by atoms with Crippen LogP contribution in [0, 0.1) is 0 Å². The van der Waals surface area contributed by atoms with Crippen molar-refractivity contribution in [3.05, 3.63) is 29.8 Å². The third kappa shape index (κ3) is 2.67. The van der Waals surface area contributed by atoms with Crippen LogP contribution in [0.4, 0.5) is 0 Å². The molecule has 0 bridgehead atoms. The summed E-state index contributed by atoms with van der Waals surface area (Å²) in [6, 6.07) is 7.53. The predicted octanol–water partition coefficient (Wildman–Crippen LogP) is 1.49. The van der Waals surface area contributed by atoms with E-state index in [9.17, 15) is 0 Å². The zero-order valence-corrected chi connectivity index (χ0v) is 9.13. The molecule has 15 heavy (non-hydrogen) atoms. The summed E-state index contributed by atoms with van der Waals surface area (Å²) in [6.45, 7) is 1.44. The lowest BCUT2D eigenvalue weighted by Gasteiger charge is -2.12. The monoisotopic (exact) mass is 223 g/mol. The Balaban J connectivity index is 2.07. The minimum Gasteiger partial charge on any atom is -0.488 e. The van der Waals surface area contributed by atoms with Gasteiger partial charge in [0.25, 0.3) is 0 Å². The SMILES string of the molecule is NC(=S)c1cccc(OC2CCOC2)c1. The minimum absolute atomic E-state index is 0.159. The average molecular weight is 223 g/mol. The van der Waals surface area contributed by atoms with Crippen molar-refractivity contribution >= 4 is 17.2 Å². The van der Waals surface area contributed by atoms with Gasteiger partial charge in [-0.05, 0) is 12.1 Å². The van der Waals surface area contributed by atoms with Crippen molar-refractivity contribution in [3.63, 3.8) is 0 Å². The summed E-state index contributed by atoms with van der Waals surface area (Å²) in [7, 11) is 0. The van der Waals surface area contributed by atoms with Crippen LogP contribution in [0.25, 0.3) is 0 Å². The summed E-state index contributed by atoms with van der Waals surface area (Å²) in [5.41, 5.74) is 6.38. The number of thiocarbonyl (C=S) groups is 1. The molecule has 1 aromatic carbocycles. The van der Waals surface area contributed by atoms with Crippen LogP contribution < -0.4 is 10.5 Å². The first kappa shape index (κ1) is 10.4. The highest BCUT2D eigenvalue weighted by Crippen LogP contribution is 2.18. The topological polar surface area (TPSA) is 44.5 Å². The number of hydrogen-bond donors (Lipinski definition) is 1. The molecule has 1 fully saturated rings. The van der Waals surface area contributed by atoms with Gasteiger partial charge in [0.1, 0.15) is 16.8 Å². The maximum Gasteiger partial charge on any atom is 0.124 e. The van der Waals surface area contributed by atoms with Gasteiger partial charge in [-0.3, -0.25) is 0 Å². The quantitative estimate of drug-likeness (QED) is 0.788. The Labute approximate surface area is 94.2 Å². The van der Waals surface area contributed by atoms with Crippen LogP contribution >= 0.6 is 12.2 Å². The first-order valence-corrected chi connectivity index (χ1v) is 5.31. The molecule has 1 aromatic rings. The largest absolute Gasteiger partial charge is 0.488 e. The van der Waals surface area contributed by atoms with Gasteiger partial charge in [0.15, 0.2) is 0 Å². The van der Waals surface area contributed by atoms with E-state index in [0.29, 0.717) is 11.6 Å². The average Bonchev–Trinajstić information content (AvgIpc) is 2.71. The van der Waals surface area contributed by atoms with Crippen molar-refractivity contribution < 1.29 is 9.47 Å². The van der Waals surface area contributed by atoms with Crippen LogP contribution in [-0.2, 0) is 4.74 Å². The number of hydrogen-bond acceptors (Lipinski definition) is 3. The fraction of sp³-hybridized carbons (Fsp3) is 0.364. The van der Waals surface area contributed by atoms with Gasteiger partial charge in [0.2, 0.25) is 0 Å². The maximum atomic E-state index is 5.73. The zero-order chi connectivity index (χ0) is 10.7. The van der Waals surface area contributed by atoms with Crippen LogP contribution in [0.15, 0.2) is 24.3 Å².